The zero-order valence-corrected chi connectivity index (χ0v) is 10.4. The molecule has 2 rings (SSSR count). The van der Waals surface area contributed by atoms with Crippen LogP contribution in [0.15, 0.2) is 12.2 Å². The molecule has 0 bridgehead atoms. The van der Waals surface area contributed by atoms with Gasteiger partial charge in [0.15, 0.2) is 0 Å². The van der Waals surface area contributed by atoms with Crippen molar-refractivity contribution in [3.63, 3.8) is 0 Å². The fourth-order valence-electron chi connectivity index (χ4n) is 2.66. The number of halogens is 3. The van der Waals surface area contributed by atoms with Gasteiger partial charge in [-0.3, -0.25) is 4.90 Å². The first kappa shape index (κ1) is 13.8. The Labute approximate surface area is 105 Å². The number of alkyl halides is 3. The summed E-state index contributed by atoms with van der Waals surface area (Å²) in [6.07, 6.45) is 1.03. The van der Waals surface area contributed by atoms with E-state index in [4.69, 9.17) is 5.73 Å². The lowest BCUT2D eigenvalue weighted by Crippen LogP contribution is -2.50. The van der Waals surface area contributed by atoms with Gasteiger partial charge in [0.05, 0.1) is 6.54 Å². The van der Waals surface area contributed by atoms with Gasteiger partial charge in [0.1, 0.15) is 0 Å². The van der Waals surface area contributed by atoms with Crippen LogP contribution < -0.4 is 5.73 Å². The molecule has 6 heteroatoms. The van der Waals surface area contributed by atoms with Crippen LogP contribution >= 0.6 is 0 Å². The number of piperazine rings is 1. The summed E-state index contributed by atoms with van der Waals surface area (Å²) in [4.78, 5) is 3.71. The largest absolute Gasteiger partial charge is 0.401 e. The number of hydrogen-bond donors (Lipinski definition) is 1. The molecular formula is C12H20F3N3. The summed E-state index contributed by atoms with van der Waals surface area (Å²) < 4.78 is 36.7. The molecule has 2 unspecified atom stereocenters. The van der Waals surface area contributed by atoms with Crippen molar-refractivity contribution >= 4 is 0 Å². The second-order valence-corrected chi connectivity index (χ2v) is 5.24. The van der Waals surface area contributed by atoms with Crippen LogP contribution in [-0.4, -0.2) is 61.3 Å². The SMILES string of the molecule is NC1C=CC(CN2CCN(CC(F)(F)F)CC2)C1. The Morgan fingerprint density at radius 1 is 1.06 bits per heavy atom. The topological polar surface area (TPSA) is 32.5 Å². The van der Waals surface area contributed by atoms with Crippen LogP contribution in [0.2, 0.25) is 0 Å². The minimum atomic E-state index is -4.08. The van der Waals surface area contributed by atoms with Gasteiger partial charge >= 0.3 is 6.18 Å². The maximum Gasteiger partial charge on any atom is 0.401 e. The van der Waals surface area contributed by atoms with Gasteiger partial charge in [-0.1, -0.05) is 12.2 Å². The van der Waals surface area contributed by atoms with E-state index in [2.05, 4.69) is 11.0 Å². The Bertz CT molecular complexity index is 295. The number of rotatable bonds is 3. The van der Waals surface area contributed by atoms with E-state index in [1.807, 2.05) is 6.08 Å². The van der Waals surface area contributed by atoms with Crippen LogP contribution in [0.25, 0.3) is 0 Å². The number of nitrogens with two attached hydrogens (primary N) is 1. The molecule has 0 radical (unpaired) electrons. The molecule has 1 saturated heterocycles. The quantitative estimate of drug-likeness (QED) is 0.773. The van der Waals surface area contributed by atoms with Crippen LogP contribution in [-0.2, 0) is 0 Å². The van der Waals surface area contributed by atoms with Crippen LogP contribution in [0.4, 0.5) is 13.2 Å². The Morgan fingerprint density at radius 3 is 2.17 bits per heavy atom. The molecule has 0 aromatic carbocycles. The predicted octanol–water partition coefficient (Wildman–Crippen LogP) is 1.07. The monoisotopic (exact) mass is 263 g/mol. The van der Waals surface area contributed by atoms with Gasteiger partial charge in [0.25, 0.3) is 0 Å². The summed E-state index contributed by atoms with van der Waals surface area (Å²) in [5.74, 6) is 0.467. The summed E-state index contributed by atoms with van der Waals surface area (Å²) in [5, 5.41) is 0. The lowest BCUT2D eigenvalue weighted by molar-refractivity contribution is -0.149. The van der Waals surface area contributed by atoms with E-state index in [0.717, 1.165) is 26.1 Å². The van der Waals surface area contributed by atoms with Crippen molar-refractivity contribution in [1.29, 1.82) is 0 Å². The van der Waals surface area contributed by atoms with Crippen molar-refractivity contribution in [3.8, 4) is 0 Å². The van der Waals surface area contributed by atoms with Crippen molar-refractivity contribution in [2.45, 2.75) is 18.6 Å². The Morgan fingerprint density at radius 2 is 1.67 bits per heavy atom. The molecule has 2 N–H and O–H groups in total. The highest BCUT2D eigenvalue weighted by atomic mass is 19.4. The molecule has 1 fully saturated rings. The molecule has 2 aliphatic rings. The van der Waals surface area contributed by atoms with Gasteiger partial charge in [-0.2, -0.15) is 13.2 Å². The summed E-state index contributed by atoms with van der Waals surface area (Å²) >= 11 is 0. The third-order valence-corrected chi connectivity index (χ3v) is 3.57. The normalized spacial score (nSPS) is 31.1. The van der Waals surface area contributed by atoms with Gasteiger partial charge in [0.2, 0.25) is 0 Å². The molecule has 104 valence electrons. The molecule has 18 heavy (non-hydrogen) atoms. The zero-order valence-electron chi connectivity index (χ0n) is 10.4. The first-order chi connectivity index (χ1) is 8.42. The maximum absolute atomic E-state index is 12.2. The minimum Gasteiger partial charge on any atom is -0.324 e. The average Bonchev–Trinajstić information content (AvgIpc) is 2.65. The second-order valence-electron chi connectivity index (χ2n) is 5.24. The molecule has 1 heterocycles. The molecule has 0 aromatic rings. The van der Waals surface area contributed by atoms with Crippen molar-refractivity contribution < 1.29 is 13.2 Å². The standard InChI is InChI=1S/C12H20F3N3/c13-12(14,15)9-18-5-3-17(4-6-18)8-10-1-2-11(16)7-10/h1-2,10-11H,3-9,16H2. The third-order valence-electron chi connectivity index (χ3n) is 3.57. The van der Waals surface area contributed by atoms with Crippen molar-refractivity contribution in [3.05, 3.63) is 12.2 Å². The van der Waals surface area contributed by atoms with Gasteiger partial charge < -0.3 is 10.6 Å². The molecule has 1 aliphatic heterocycles. The Hall–Kier alpha value is -0.590. The summed E-state index contributed by atoms with van der Waals surface area (Å²) in [6, 6.07) is 0.154. The van der Waals surface area contributed by atoms with Crippen molar-refractivity contribution in [1.82, 2.24) is 9.80 Å². The predicted molar refractivity (Wildman–Crippen MR) is 64.2 cm³/mol. The first-order valence-electron chi connectivity index (χ1n) is 6.38. The van der Waals surface area contributed by atoms with Crippen LogP contribution in [0.1, 0.15) is 6.42 Å². The zero-order chi connectivity index (χ0) is 13.2. The van der Waals surface area contributed by atoms with E-state index in [9.17, 15) is 13.2 Å². The molecule has 0 spiro atoms. The minimum absolute atomic E-state index is 0.154. The fourth-order valence-corrected chi connectivity index (χ4v) is 2.66. The summed E-state index contributed by atoms with van der Waals surface area (Å²) in [5.41, 5.74) is 5.78. The van der Waals surface area contributed by atoms with Gasteiger partial charge in [-0.15, -0.1) is 0 Å². The highest BCUT2D eigenvalue weighted by molar-refractivity contribution is 5.05. The molecule has 2 atom stereocenters. The molecule has 1 aliphatic carbocycles. The third kappa shape index (κ3) is 4.26. The van der Waals surface area contributed by atoms with E-state index in [1.165, 1.54) is 4.90 Å². The lowest BCUT2D eigenvalue weighted by atomic mass is 10.1. The van der Waals surface area contributed by atoms with Crippen molar-refractivity contribution in [2.24, 2.45) is 11.7 Å². The maximum atomic E-state index is 12.2. The highest BCUT2D eigenvalue weighted by Crippen LogP contribution is 2.20. The second kappa shape index (κ2) is 5.59. The molecule has 0 saturated carbocycles. The van der Waals surface area contributed by atoms with Gasteiger partial charge in [-0.05, 0) is 12.3 Å². The number of nitrogens with zero attached hydrogens (tertiary/aromatic N) is 2. The average molecular weight is 263 g/mol. The van der Waals surface area contributed by atoms with E-state index in [0.29, 0.717) is 19.0 Å². The summed E-state index contributed by atoms with van der Waals surface area (Å²) in [7, 11) is 0. The Kier molecular flexibility index (Phi) is 4.29. The van der Waals surface area contributed by atoms with Crippen LogP contribution in [0, 0.1) is 5.92 Å². The van der Waals surface area contributed by atoms with Crippen molar-refractivity contribution in [2.75, 3.05) is 39.3 Å². The summed E-state index contributed by atoms with van der Waals surface area (Å²) in [6.45, 7) is 2.58. The van der Waals surface area contributed by atoms with E-state index in [1.54, 1.807) is 0 Å². The van der Waals surface area contributed by atoms with Gasteiger partial charge in [-0.25, -0.2) is 0 Å². The smallest absolute Gasteiger partial charge is 0.324 e. The Balaban J connectivity index is 1.69. The molecule has 3 nitrogen and oxygen atoms in total. The molecule has 0 amide bonds. The van der Waals surface area contributed by atoms with Crippen LogP contribution in [0.5, 0.6) is 0 Å². The van der Waals surface area contributed by atoms with Crippen LogP contribution in [0.3, 0.4) is 0 Å². The van der Waals surface area contributed by atoms with E-state index >= 15 is 0 Å². The number of hydrogen-bond acceptors (Lipinski definition) is 3. The van der Waals surface area contributed by atoms with Gasteiger partial charge in [0, 0.05) is 38.8 Å². The van der Waals surface area contributed by atoms with E-state index in [-0.39, 0.29) is 6.04 Å². The molecule has 0 aromatic heterocycles. The highest BCUT2D eigenvalue weighted by Gasteiger charge is 2.32. The van der Waals surface area contributed by atoms with E-state index < -0.39 is 12.7 Å². The fraction of sp³-hybridized carbons (Fsp3) is 0.833. The molecular weight excluding hydrogens is 243 g/mol. The first-order valence-corrected chi connectivity index (χ1v) is 6.38. The lowest BCUT2D eigenvalue weighted by Gasteiger charge is -2.36.